The van der Waals surface area contributed by atoms with Crippen LogP contribution in [0.4, 0.5) is 8.78 Å². The van der Waals surface area contributed by atoms with Gasteiger partial charge in [-0.1, -0.05) is 12.1 Å². The van der Waals surface area contributed by atoms with Crippen LogP contribution in [-0.4, -0.2) is 36.6 Å². The third-order valence-electron chi connectivity index (χ3n) is 3.79. The number of thiazole rings is 1. The van der Waals surface area contributed by atoms with E-state index in [2.05, 4.69) is 15.0 Å². The molecule has 2 aromatic carbocycles. The van der Waals surface area contributed by atoms with Gasteiger partial charge < -0.3 is 14.8 Å². The van der Waals surface area contributed by atoms with E-state index in [1.165, 1.54) is 23.5 Å². The number of nitrogens with zero attached hydrogens (tertiary/aromatic N) is 1. The summed E-state index contributed by atoms with van der Waals surface area (Å²) >= 11 is 1.41. The average Bonchev–Trinajstić information content (AvgIpc) is 3.15. The minimum atomic E-state index is -2.86. The number of esters is 1. The summed E-state index contributed by atoms with van der Waals surface area (Å²) in [4.78, 5) is 28.0. The van der Waals surface area contributed by atoms with Crippen molar-refractivity contribution >= 4 is 33.4 Å². The molecular formula is C19H16F2N2O4S. The van der Waals surface area contributed by atoms with Crippen molar-refractivity contribution in [1.82, 2.24) is 10.3 Å². The van der Waals surface area contributed by atoms with Crippen molar-refractivity contribution < 1.29 is 27.8 Å². The molecule has 28 heavy (non-hydrogen) atoms. The molecule has 0 radical (unpaired) electrons. The lowest BCUT2D eigenvalue weighted by molar-refractivity contribution is -0.124. The molecule has 3 aromatic rings. The van der Waals surface area contributed by atoms with Crippen molar-refractivity contribution in [2.45, 2.75) is 13.0 Å². The van der Waals surface area contributed by atoms with Gasteiger partial charge in [0.05, 0.1) is 21.3 Å². The van der Waals surface area contributed by atoms with E-state index in [4.69, 9.17) is 4.74 Å². The number of benzene rings is 2. The van der Waals surface area contributed by atoms with Crippen LogP contribution in [0.15, 0.2) is 48.0 Å². The molecule has 0 aliphatic heterocycles. The number of halogens is 2. The number of hydrogen-bond donors (Lipinski definition) is 1. The van der Waals surface area contributed by atoms with Crippen LogP contribution in [-0.2, 0) is 16.0 Å². The fraction of sp³-hybridized carbons (Fsp3) is 0.211. The summed E-state index contributed by atoms with van der Waals surface area (Å²) in [5.74, 6) is -0.934. The number of alkyl halides is 2. The molecule has 0 saturated carbocycles. The summed E-state index contributed by atoms with van der Waals surface area (Å²) in [5.41, 5.74) is 3.69. The molecule has 0 unspecified atom stereocenters. The van der Waals surface area contributed by atoms with Crippen molar-refractivity contribution in [3.8, 4) is 5.75 Å². The third kappa shape index (κ3) is 5.46. The summed E-state index contributed by atoms with van der Waals surface area (Å²) in [7, 11) is 0. The molecule has 3 rings (SSSR count). The van der Waals surface area contributed by atoms with Crippen LogP contribution in [0.3, 0.4) is 0 Å². The SMILES string of the molecule is O=C(COC(=O)c1ccc2ncsc2c1)NCCc1ccc(OC(F)F)cc1. The van der Waals surface area contributed by atoms with Crippen LogP contribution in [0.25, 0.3) is 10.2 Å². The fourth-order valence-electron chi connectivity index (χ4n) is 2.43. The van der Waals surface area contributed by atoms with E-state index in [1.807, 2.05) is 0 Å². The normalized spacial score (nSPS) is 10.8. The molecule has 0 bridgehead atoms. The Morgan fingerprint density at radius 3 is 2.68 bits per heavy atom. The number of carbonyl (C=O) groups is 2. The van der Waals surface area contributed by atoms with Crippen LogP contribution in [0, 0.1) is 0 Å². The Balaban J connectivity index is 1.40. The summed E-state index contributed by atoms with van der Waals surface area (Å²) in [5, 5.41) is 2.63. The molecule has 0 aliphatic carbocycles. The highest BCUT2D eigenvalue weighted by atomic mass is 32.1. The predicted molar refractivity (Wildman–Crippen MR) is 99.7 cm³/mol. The van der Waals surface area contributed by atoms with Gasteiger partial charge in [0.1, 0.15) is 5.75 Å². The maximum Gasteiger partial charge on any atom is 0.387 e. The standard InChI is InChI=1S/C19H16F2N2O4S/c20-19(21)27-14-4-1-12(2-5-14)7-8-22-17(24)10-26-18(25)13-3-6-15-16(9-13)28-11-23-15/h1-6,9,11,19H,7-8,10H2,(H,22,24). The molecule has 0 spiro atoms. The van der Waals surface area contributed by atoms with Crippen molar-refractivity contribution in [1.29, 1.82) is 0 Å². The van der Waals surface area contributed by atoms with Crippen molar-refractivity contribution in [2.75, 3.05) is 13.2 Å². The largest absolute Gasteiger partial charge is 0.452 e. The topological polar surface area (TPSA) is 77.5 Å². The fourth-order valence-corrected chi connectivity index (χ4v) is 3.15. The lowest BCUT2D eigenvalue weighted by Gasteiger charge is -2.08. The first-order chi connectivity index (χ1) is 13.5. The Kier molecular flexibility index (Phi) is 6.49. The van der Waals surface area contributed by atoms with Crippen LogP contribution >= 0.6 is 11.3 Å². The van der Waals surface area contributed by atoms with Crippen LogP contribution in [0.2, 0.25) is 0 Å². The van der Waals surface area contributed by atoms with Crippen molar-refractivity contribution in [3.05, 3.63) is 59.1 Å². The Morgan fingerprint density at radius 1 is 1.14 bits per heavy atom. The minimum absolute atomic E-state index is 0.0752. The van der Waals surface area contributed by atoms with Gasteiger partial charge in [-0.3, -0.25) is 4.79 Å². The molecule has 1 N–H and O–H groups in total. The van der Waals surface area contributed by atoms with Gasteiger partial charge in [-0.2, -0.15) is 8.78 Å². The zero-order valence-electron chi connectivity index (χ0n) is 14.6. The first kappa shape index (κ1) is 19.7. The maximum atomic E-state index is 12.1. The molecule has 1 heterocycles. The quantitative estimate of drug-likeness (QED) is 0.580. The molecular weight excluding hydrogens is 390 g/mol. The number of carbonyl (C=O) groups excluding carboxylic acids is 2. The van der Waals surface area contributed by atoms with E-state index in [0.29, 0.717) is 18.5 Å². The van der Waals surface area contributed by atoms with Gasteiger partial charge in [-0.15, -0.1) is 11.3 Å². The second-order valence-corrected chi connectivity index (χ2v) is 6.62. The first-order valence-corrected chi connectivity index (χ1v) is 9.20. The van der Waals surface area contributed by atoms with Crippen LogP contribution in [0.1, 0.15) is 15.9 Å². The molecule has 146 valence electrons. The van der Waals surface area contributed by atoms with E-state index >= 15 is 0 Å². The van der Waals surface area contributed by atoms with Crippen LogP contribution < -0.4 is 10.1 Å². The molecule has 6 nitrogen and oxygen atoms in total. The highest BCUT2D eigenvalue weighted by Crippen LogP contribution is 2.19. The van der Waals surface area contributed by atoms with Gasteiger partial charge in [0.15, 0.2) is 6.61 Å². The molecule has 0 aliphatic rings. The van der Waals surface area contributed by atoms with E-state index in [0.717, 1.165) is 15.8 Å². The number of hydrogen-bond acceptors (Lipinski definition) is 6. The number of ether oxygens (including phenoxy) is 2. The van der Waals surface area contributed by atoms with Crippen LogP contribution in [0.5, 0.6) is 5.75 Å². The number of fused-ring (bicyclic) bond motifs is 1. The zero-order valence-corrected chi connectivity index (χ0v) is 15.4. The second kappa shape index (κ2) is 9.23. The number of rotatable bonds is 8. The van der Waals surface area contributed by atoms with Crippen molar-refractivity contribution in [2.24, 2.45) is 0 Å². The summed E-state index contributed by atoms with van der Waals surface area (Å²) in [6, 6.07) is 11.1. The van der Waals surface area contributed by atoms with Gasteiger partial charge in [-0.05, 0) is 42.3 Å². The smallest absolute Gasteiger partial charge is 0.387 e. The van der Waals surface area contributed by atoms with Gasteiger partial charge in [0.2, 0.25) is 0 Å². The Hall–Kier alpha value is -3.07. The number of aromatic nitrogens is 1. The third-order valence-corrected chi connectivity index (χ3v) is 4.58. The first-order valence-electron chi connectivity index (χ1n) is 8.32. The molecule has 1 amide bonds. The Morgan fingerprint density at radius 2 is 1.93 bits per heavy atom. The highest BCUT2D eigenvalue weighted by molar-refractivity contribution is 7.16. The molecule has 1 aromatic heterocycles. The van der Waals surface area contributed by atoms with Gasteiger partial charge in [-0.25, -0.2) is 9.78 Å². The zero-order chi connectivity index (χ0) is 19.9. The Labute approximate surface area is 163 Å². The highest BCUT2D eigenvalue weighted by Gasteiger charge is 2.11. The predicted octanol–water partition coefficient (Wildman–Crippen LogP) is 3.41. The van der Waals surface area contributed by atoms with E-state index in [-0.39, 0.29) is 12.4 Å². The minimum Gasteiger partial charge on any atom is -0.452 e. The number of nitrogens with one attached hydrogen (secondary N) is 1. The molecule has 0 fully saturated rings. The van der Waals surface area contributed by atoms with Gasteiger partial charge in [0, 0.05) is 6.54 Å². The van der Waals surface area contributed by atoms with E-state index in [9.17, 15) is 18.4 Å². The Bertz CT molecular complexity index is 960. The van der Waals surface area contributed by atoms with Gasteiger partial charge in [0.25, 0.3) is 5.91 Å². The lowest BCUT2D eigenvalue weighted by Crippen LogP contribution is -2.30. The molecule has 0 atom stereocenters. The van der Waals surface area contributed by atoms with Crippen molar-refractivity contribution in [3.63, 3.8) is 0 Å². The molecule has 0 saturated heterocycles. The summed E-state index contributed by atoms with van der Waals surface area (Å²) in [6.07, 6.45) is 0.497. The summed E-state index contributed by atoms with van der Waals surface area (Å²) in [6.45, 7) is -2.93. The van der Waals surface area contributed by atoms with E-state index < -0.39 is 18.5 Å². The van der Waals surface area contributed by atoms with E-state index in [1.54, 1.807) is 35.8 Å². The number of amides is 1. The maximum absolute atomic E-state index is 12.1. The van der Waals surface area contributed by atoms with Gasteiger partial charge >= 0.3 is 12.6 Å². The monoisotopic (exact) mass is 406 g/mol. The summed E-state index contributed by atoms with van der Waals surface area (Å²) < 4.78 is 34.3. The lowest BCUT2D eigenvalue weighted by atomic mass is 10.1. The second-order valence-electron chi connectivity index (χ2n) is 5.73. The molecule has 9 heteroatoms. The average molecular weight is 406 g/mol.